The molecule has 0 rings (SSSR count). The highest BCUT2D eigenvalue weighted by molar-refractivity contribution is 7.38. The van der Waals surface area contributed by atoms with Crippen molar-refractivity contribution >= 4 is 8.03 Å². The Hall–Kier alpha value is -0.0100. The first-order valence-corrected chi connectivity index (χ1v) is 3.49. The molecule has 0 fully saturated rings. The van der Waals surface area contributed by atoms with Crippen LogP contribution >= 0.6 is 8.03 Å². The SMILES string of the molecule is C[P+](=O)OCCF. The minimum Gasteiger partial charge on any atom is -0.248 e. The Morgan fingerprint density at radius 2 is 2.43 bits per heavy atom. The lowest BCUT2D eigenvalue weighted by Gasteiger charge is -1.76. The van der Waals surface area contributed by atoms with Gasteiger partial charge < -0.3 is 0 Å². The van der Waals surface area contributed by atoms with Crippen molar-refractivity contribution in [1.29, 1.82) is 0 Å². The average molecular weight is 125 g/mol. The first-order chi connectivity index (χ1) is 3.27. The highest BCUT2D eigenvalue weighted by Gasteiger charge is 2.03. The Balaban J connectivity index is 2.82. The van der Waals surface area contributed by atoms with Crippen molar-refractivity contribution in [2.45, 2.75) is 0 Å². The van der Waals surface area contributed by atoms with Crippen LogP contribution in [0.4, 0.5) is 4.39 Å². The Morgan fingerprint density at radius 1 is 1.86 bits per heavy atom. The van der Waals surface area contributed by atoms with Gasteiger partial charge in [-0.05, 0) is 4.57 Å². The van der Waals surface area contributed by atoms with Gasteiger partial charge >= 0.3 is 8.03 Å². The van der Waals surface area contributed by atoms with Crippen molar-refractivity contribution in [2.24, 2.45) is 0 Å². The normalized spacial score (nSPS) is 11.4. The molecule has 0 aliphatic heterocycles. The van der Waals surface area contributed by atoms with Gasteiger partial charge in [-0.25, -0.2) is 4.39 Å². The molecule has 4 heteroatoms. The lowest BCUT2D eigenvalue weighted by Crippen LogP contribution is -1.85. The van der Waals surface area contributed by atoms with Gasteiger partial charge in [-0.2, -0.15) is 0 Å². The first-order valence-electron chi connectivity index (χ1n) is 1.87. The number of hydrogen-bond acceptors (Lipinski definition) is 2. The predicted octanol–water partition coefficient (Wildman–Crippen LogP) is 1.34. The summed E-state index contributed by atoms with van der Waals surface area (Å²) in [5.74, 6) is 0. The van der Waals surface area contributed by atoms with Crippen molar-refractivity contribution < 1.29 is 13.5 Å². The molecule has 7 heavy (non-hydrogen) atoms. The fraction of sp³-hybridized carbons (Fsp3) is 1.00. The molecule has 0 aromatic rings. The monoisotopic (exact) mass is 125 g/mol. The maximum Gasteiger partial charge on any atom is 0.504 e. The number of alkyl halides is 1. The highest BCUT2D eigenvalue weighted by atomic mass is 31.1. The highest BCUT2D eigenvalue weighted by Crippen LogP contribution is 2.13. The first kappa shape index (κ1) is 6.99. The molecule has 2 nitrogen and oxygen atoms in total. The van der Waals surface area contributed by atoms with E-state index in [4.69, 9.17) is 0 Å². The molecule has 0 aromatic carbocycles. The van der Waals surface area contributed by atoms with E-state index in [0.717, 1.165) is 0 Å². The Bertz CT molecular complexity index is 66.0. The average Bonchev–Trinajstić information content (AvgIpc) is 1.61. The predicted molar refractivity (Wildman–Crippen MR) is 25.5 cm³/mol. The molecule has 0 N–H and O–H groups in total. The second kappa shape index (κ2) is 4.16. The van der Waals surface area contributed by atoms with E-state index < -0.39 is 14.7 Å². The number of halogens is 1. The van der Waals surface area contributed by atoms with E-state index in [2.05, 4.69) is 4.52 Å². The van der Waals surface area contributed by atoms with Gasteiger partial charge in [0.15, 0.2) is 6.66 Å². The molecule has 0 radical (unpaired) electrons. The summed E-state index contributed by atoms with van der Waals surface area (Å²) in [6.07, 6.45) is 0. The molecule has 42 valence electrons. The van der Waals surface area contributed by atoms with Crippen molar-refractivity contribution in [3.05, 3.63) is 0 Å². The van der Waals surface area contributed by atoms with E-state index in [1.807, 2.05) is 0 Å². The lowest BCUT2D eigenvalue weighted by molar-refractivity contribution is 0.286. The van der Waals surface area contributed by atoms with Crippen LogP contribution in [-0.4, -0.2) is 19.9 Å². The number of rotatable bonds is 3. The van der Waals surface area contributed by atoms with Gasteiger partial charge in [0.1, 0.15) is 13.3 Å². The third-order valence-corrected chi connectivity index (χ3v) is 0.896. The van der Waals surface area contributed by atoms with Crippen molar-refractivity contribution in [2.75, 3.05) is 19.9 Å². The van der Waals surface area contributed by atoms with E-state index in [1.54, 1.807) is 0 Å². The zero-order valence-corrected chi connectivity index (χ0v) is 4.95. The third-order valence-electron chi connectivity index (χ3n) is 0.350. The van der Waals surface area contributed by atoms with Gasteiger partial charge in [-0.1, -0.05) is 0 Å². The fourth-order valence-corrected chi connectivity index (χ4v) is 0.489. The van der Waals surface area contributed by atoms with Crippen molar-refractivity contribution in [3.8, 4) is 0 Å². The topological polar surface area (TPSA) is 26.3 Å². The van der Waals surface area contributed by atoms with Gasteiger partial charge in [0.25, 0.3) is 0 Å². The molecule has 0 aliphatic carbocycles. The van der Waals surface area contributed by atoms with Crippen LogP contribution in [0.5, 0.6) is 0 Å². The van der Waals surface area contributed by atoms with Crippen molar-refractivity contribution in [3.63, 3.8) is 0 Å². The molecular formula is C3H7FO2P+. The molecule has 0 heterocycles. The van der Waals surface area contributed by atoms with Crippen LogP contribution in [0, 0.1) is 0 Å². The van der Waals surface area contributed by atoms with Crippen LogP contribution in [0.1, 0.15) is 0 Å². The second-order valence-corrected chi connectivity index (χ2v) is 2.10. The van der Waals surface area contributed by atoms with Gasteiger partial charge in [0.05, 0.1) is 0 Å². The summed E-state index contributed by atoms with van der Waals surface area (Å²) < 4.78 is 25.4. The summed E-state index contributed by atoms with van der Waals surface area (Å²) in [6, 6.07) is 0. The maximum absolute atomic E-state index is 11.1. The Kier molecular flexibility index (Phi) is 4.15. The van der Waals surface area contributed by atoms with Gasteiger partial charge in [0, 0.05) is 0 Å². The van der Waals surface area contributed by atoms with Crippen LogP contribution in [0.25, 0.3) is 0 Å². The summed E-state index contributed by atoms with van der Waals surface area (Å²) in [5, 5.41) is 0. The molecule has 0 saturated carbocycles. The van der Waals surface area contributed by atoms with E-state index in [1.165, 1.54) is 6.66 Å². The zero-order valence-electron chi connectivity index (χ0n) is 4.06. The molecule has 0 aliphatic rings. The molecule has 0 amide bonds. The largest absolute Gasteiger partial charge is 0.504 e. The van der Waals surface area contributed by atoms with Crippen LogP contribution in [0.2, 0.25) is 0 Å². The summed E-state index contributed by atoms with van der Waals surface area (Å²) in [4.78, 5) is 0. The van der Waals surface area contributed by atoms with Gasteiger partial charge in [-0.15, -0.1) is 4.52 Å². The quantitative estimate of drug-likeness (QED) is 0.532. The van der Waals surface area contributed by atoms with Crippen LogP contribution in [-0.2, 0) is 9.09 Å². The van der Waals surface area contributed by atoms with E-state index in [-0.39, 0.29) is 6.61 Å². The molecule has 0 saturated heterocycles. The molecule has 1 unspecified atom stereocenters. The molecule has 1 atom stereocenters. The minimum atomic E-state index is -1.60. The Morgan fingerprint density at radius 3 is 2.57 bits per heavy atom. The molecule has 0 spiro atoms. The van der Waals surface area contributed by atoms with E-state index in [0.29, 0.717) is 0 Å². The zero-order chi connectivity index (χ0) is 5.70. The van der Waals surface area contributed by atoms with Crippen molar-refractivity contribution in [1.82, 2.24) is 0 Å². The fourth-order valence-electron chi connectivity index (χ4n) is 0.163. The van der Waals surface area contributed by atoms with Crippen LogP contribution < -0.4 is 0 Å². The van der Waals surface area contributed by atoms with Crippen LogP contribution in [0.15, 0.2) is 0 Å². The lowest BCUT2D eigenvalue weighted by atomic mass is 10.9. The standard InChI is InChI=1S/C3H7FO2P/c1-7(5)6-3-2-4/h2-3H2,1H3/q+1. The van der Waals surface area contributed by atoms with E-state index >= 15 is 0 Å². The molecule has 0 aromatic heterocycles. The third kappa shape index (κ3) is 5.99. The van der Waals surface area contributed by atoms with Gasteiger partial charge in [0.2, 0.25) is 0 Å². The maximum atomic E-state index is 11.1. The smallest absolute Gasteiger partial charge is 0.248 e. The number of hydrogen-bond donors (Lipinski definition) is 0. The molecular weight excluding hydrogens is 118 g/mol. The van der Waals surface area contributed by atoms with Gasteiger partial charge in [-0.3, -0.25) is 0 Å². The summed E-state index contributed by atoms with van der Waals surface area (Å²) in [6.45, 7) is 0.783. The summed E-state index contributed by atoms with van der Waals surface area (Å²) in [7, 11) is -1.60. The summed E-state index contributed by atoms with van der Waals surface area (Å²) >= 11 is 0. The van der Waals surface area contributed by atoms with E-state index in [9.17, 15) is 8.96 Å². The minimum absolute atomic E-state index is 0.0499. The van der Waals surface area contributed by atoms with Crippen LogP contribution in [0.3, 0.4) is 0 Å². The molecule has 0 bridgehead atoms. The summed E-state index contributed by atoms with van der Waals surface area (Å²) in [5.41, 5.74) is 0. The Labute approximate surface area is 42.5 Å². The second-order valence-electron chi connectivity index (χ2n) is 0.962.